The number of rotatable bonds is 6. The van der Waals surface area contributed by atoms with Gasteiger partial charge in [0.25, 0.3) is 0 Å². The van der Waals surface area contributed by atoms with Crippen molar-refractivity contribution in [2.24, 2.45) is 0 Å². The molecule has 0 spiro atoms. The van der Waals surface area contributed by atoms with E-state index in [1.165, 1.54) is 25.9 Å². The van der Waals surface area contributed by atoms with E-state index < -0.39 is 0 Å². The minimum Gasteiger partial charge on any atom is -0.508 e. The molecule has 5 rings (SSSR count). The number of benzene rings is 1. The number of aryl methyl sites for hydroxylation is 1. The van der Waals surface area contributed by atoms with Gasteiger partial charge in [0.2, 0.25) is 0 Å². The lowest BCUT2D eigenvalue weighted by Crippen LogP contribution is -2.37. The first-order valence-corrected chi connectivity index (χ1v) is 10.7. The summed E-state index contributed by atoms with van der Waals surface area (Å²) < 4.78 is 7.40. The maximum Gasteiger partial charge on any atom is 0.184 e. The minimum absolute atomic E-state index is 0.196. The first-order valence-electron chi connectivity index (χ1n) is 10.7. The molecule has 0 bridgehead atoms. The normalized spacial score (nSPS) is 17.8. The van der Waals surface area contributed by atoms with Crippen molar-refractivity contribution in [2.45, 2.75) is 25.8 Å². The molecule has 4 heterocycles. The van der Waals surface area contributed by atoms with Gasteiger partial charge in [0.15, 0.2) is 22.8 Å². The van der Waals surface area contributed by atoms with Crippen LogP contribution in [0.3, 0.4) is 0 Å². The van der Waals surface area contributed by atoms with E-state index >= 15 is 0 Å². The van der Waals surface area contributed by atoms with Crippen LogP contribution in [0.1, 0.15) is 19.3 Å². The summed E-state index contributed by atoms with van der Waals surface area (Å²) in [5.41, 5.74) is 2.24. The van der Waals surface area contributed by atoms with E-state index in [2.05, 4.69) is 20.1 Å². The Bertz CT molecular complexity index is 1010. The van der Waals surface area contributed by atoms with Gasteiger partial charge in [0, 0.05) is 25.2 Å². The van der Waals surface area contributed by atoms with E-state index in [4.69, 9.17) is 14.7 Å². The van der Waals surface area contributed by atoms with E-state index in [0.29, 0.717) is 19.0 Å². The summed E-state index contributed by atoms with van der Waals surface area (Å²) >= 11 is 0. The van der Waals surface area contributed by atoms with Gasteiger partial charge < -0.3 is 19.6 Å². The van der Waals surface area contributed by atoms with Crippen molar-refractivity contribution in [3.05, 3.63) is 24.3 Å². The molecule has 2 aromatic heterocycles. The second-order valence-electron chi connectivity index (χ2n) is 7.91. The molecule has 1 aromatic carbocycles. The highest BCUT2D eigenvalue weighted by Gasteiger charge is 2.22. The summed E-state index contributed by atoms with van der Waals surface area (Å²) in [6.45, 7) is 7.08. The van der Waals surface area contributed by atoms with Crippen LogP contribution in [0, 0.1) is 0 Å². The molecule has 0 saturated carbocycles. The van der Waals surface area contributed by atoms with Gasteiger partial charge in [-0.05, 0) is 51.0 Å². The fourth-order valence-electron chi connectivity index (χ4n) is 4.21. The molecule has 2 fully saturated rings. The molecular formula is C21H27N7O2. The Balaban J connectivity index is 1.49. The SMILES string of the molecule is Oc1cccc(-c2nc(N3CCOCC3)c3nnn(CCCN4CCCC4)c3n2)c1. The fourth-order valence-corrected chi connectivity index (χ4v) is 4.21. The van der Waals surface area contributed by atoms with Crippen LogP contribution in [0.15, 0.2) is 24.3 Å². The first kappa shape index (κ1) is 19.2. The smallest absolute Gasteiger partial charge is 0.184 e. The Morgan fingerprint density at radius 2 is 1.83 bits per heavy atom. The third kappa shape index (κ3) is 3.95. The number of fused-ring (bicyclic) bond motifs is 1. The number of phenolic OH excluding ortho intramolecular Hbond substituents is 1. The Hall–Kier alpha value is -2.78. The third-order valence-electron chi connectivity index (χ3n) is 5.80. The number of ether oxygens (including phenoxy) is 1. The molecule has 2 aliphatic rings. The average molecular weight is 409 g/mol. The van der Waals surface area contributed by atoms with E-state index in [-0.39, 0.29) is 5.75 Å². The lowest BCUT2D eigenvalue weighted by atomic mass is 10.2. The average Bonchev–Trinajstić information content (AvgIpc) is 3.44. The van der Waals surface area contributed by atoms with E-state index in [9.17, 15) is 5.11 Å². The maximum absolute atomic E-state index is 9.92. The van der Waals surface area contributed by atoms with Crippen molar-refractivity contribution in [2.75, 3.05) is 50.8 Å². The van der Waals surface area contributed by atoms with Gasteiger partial charge in [-0.3, -0.25) is 0 Å². The number of phenols is 1. The van der Waals surface area contributed by atoms with Crippen LogP contribution in [0.5, 0.6) is 5.75 Å². The molecule has 2 aliphatic heterocycles. The summed E-state index contributed by atoms with van der Waals surface area (Å²) in [5.74, 6) is 1.55. The van der Waals surface area contributed by atoms with E-state index in [0.717, 1.165) is 55.1 Å². The first-order chi connectivity index (χ1) is 14.8. The summed E-state index contributed by atoms with van der Waals surface area (Å²) in [4.78, 5) is 14.3. The highest BCUT2D eigenvalue weighted by Crippen LogP contribution is 2.28. The van der Waals surface area contributed by atoms with Crippen LogP contribution < -0.4 is 4.90 Å². The molecule has 30 heavy (non-hydrogen) atoms. The van der Waals surface area contributed by atoms with E-state index in [1.807, 2.05) is 10.7 Å². The van der Waals surface area contributed by atoms with Gasteiger partial charge in [0.05, 0.1) is 13.2 Å². The molecule has 0 atom stereocenters. The van der Waals surface area contributed by atoms with Crippen LogP contribution in [-0.4, -0.2) is 80.9 Å². The summed E-state index contributed by atoms with van der Waals surface area (Å²) in [7, 11) is 0. The second-order valence-corrected chi connectivity index (χ2v) is 7.91. The Morgan fingerprint density at radius 1 is 1.00 bits per heavy atom. The standard InChI is InChI=1S/C21H27N7O2/c29-17-6-3-5-16(15-17)19-22-20(27-11-13-30-14-12-27)18-21(23-19)28(25-24-18)10-4-9-26-7-1-2-8-26/h3,5-6,15,29H,1-2,4,7-14H2. The van der Waals surface area contributed by atoms with Crippen LogP contribution >= 0.6 is 0 Å². The second kappa shape index (κ2) is 8.53. The molecule has 2 saturated heterocycles. The number of morpholine rings is 1. The van der Waals surface area contributed by atoms with Gasteiger partial charge in [0.1, 0.15) is 5.75 Å². The largest absolute Gasteiger partial charge is 0.508 e. The molecule has 0 radical (unpaired) electrons. The predicted octanol–water partition coefficient (Wildman–Crippen LogP) is 1.92. The number of hydrogen-bond acceptors (Lipinski definition) is 8. The zero-order valence-corrected chi connectivity index (χ0v) is 17.1. The van der Waals surface area contributed by atoms with Crippen molar-refractivity contribution in [3.8, 4) is 17.1 Å². The minimum atomic E-state index is 0.196. The summed E-state index contributed by atoms with van der Waals surface area (Å²) in [6, 6.07) is 7.05. The number of anilines is 1. The molecule has 1 N–H and O–H groups in total. The van der Waals surface area contributed by atoms with Gasteiger partial charge in [-0.1, -0.05) is 17.3 Å². The zero-order valence-electron chi connectivity index (χ0n) is 17.1. The Kier molecular flexibility index (Phi) is 5.46. The molecule has 0 amide bonds. The molecule has 0 unspecified atom stereocenters. The summed E-state index contributed by atoms with van der Waals surface area (Å²) in [5, 5.41) is 18.8. The Labute approximate surface area is 175 Å². The molecule has 0 aliphatic carbocycles. The van der Waals surface area contributed by atoms with Gasteiger partial charge >= 0.3 is 0 Å². The van der Waals surface area contributed by atoms with Gasteiger partial charge in [-0.25, -0.2) is 14.6 Å². The molecule has 3 aromatic rings. The van der Waals surface area contributed by atoms with Crippen LogP contribution in [0.4, 0.5) is 5.82 Å². The van der Waals surface area contributed by atoms with Crippen molar-refractivity contribution >= 4 is 17.0 Å². The quantitative estimate of drug-likeness (QED) is 0.660. The molecule has 9 heteroatoms. The van der Waals surface area contributed by atoms with Gasteiger partial charge in [-0.15, -0.1) is 5.10 Å². The van der Waals surface area contributed by atoms with Gasteiger partial charge in [-0.2, -0.15) is 0 Å². The molecule has 158 valence electrons. The third-order valence-corrected chi connectivity index (χ3v) is 5.80. The maximum atomic E-state index is 9.92. The number of aromatic nitrogens is 5. The predicted molar refractivity (Wildman–Crippen MR) is 114 cm³/mol. The molecule has 9 nitrogen and oxygen atoms in total. The number of aromatic hydroxyl groups is 1. The van der Waals surface area contributed by atoms with E-state index in [1.54, 1.807) is 18.2 Å². The van der Waals surface area contributed by atoms with Crippen molar-refractivity contribution in [1.29, 1.82) is 0 Å². The number of likely N-dealkylation sites (tertiary alicyclic amines) is 1. The number of nitrogens with zero attached hydrogens (tertiary/aromatic N) is 7. The monoisotopic (exact) mass is 409 g/mol. The highest BCUT2D eigenvalue weighted by molar-refractivity contribution is 5.85. The lowest BCUT2D eigenvalue weighted by Gasteiger charge is -2.28. The van der Waals surface area contributed by atoms with Crippen molar-refractivity contribution < 1.29 is 9.84 Å². The molecular weight excluding hydrogens is 382 g/mol. The highest BCUT2D eigenvalue weighted by atomic mass is 16.5. The summed E-state index contributed by atoms with van der Waals surface area (Å²) in [6.07, 6.45) is 3.61. The van der Waals surface area contributed by atoms with Crippen molar-refractivity contribution in [1.82, 2.24) is 29.9 Å². The van der Waals surface area contributed by atoms with Crippen LogP contribution in [-0.2, 0) is 11.3 Å². The van der Waals surface area contributed by atoms with Crippen molar-refractivity contribution in [3.63, 3.8) is 0 Å². The van der Waals surface area contributed by atoms with Crippen LogP contribution in [0.25, 0.3) is 22.6 Å². The Morgan fingerprint density at radius 3 is 2.63 bits per heavy atom. The lowest BCUT2D eigenvalue weighted by molar-refractivity contribution is 0.122. The number of hydrogen-bond donors (Lipinski definition) is 1. The topological polar surface area (TPSA) is 92.4 Å². The fraction of sp³-hybridized carbons (Fsp3) is 0.524. The van der Waals surface area contributed by atoms with Crippen LogP contribution in [0.2, 0.25) is 0 Å². The zero-order chi connectivity index (χ0) is 20.3.